The molecular formula is C18H17NO. The van der Waals surface area contributed by atoms with Crippen molar-refractivity contribution in [1.29, 1.82) is 0 Å². The molecule has 0 atom stereocenters. The van der Waals surface area contributed by atoms with Crippen molar-refractivity contribution >= 4 is 10.9 Å². The van der Waals surface area contributed by atoms with Crippen LogP contribution in [0.5, 0.6) is 0 Å². The summed E-state index contributed by atoms with van der Waals surface area (Å²) in [6, 6.07) is 18.0. The molecule has 3 rings (SSSR count). The summed E-state index contributed by atoms with van der Waals surface area (Å²) >= 11 is 0. The smallest absolute Gasteiger partial charge is 0.248 e. The van der Waals surface area contributed by atoms with Gasteiger partial charge in [-0.3, -0.25) is 4.79 Å². The first-order chi connectivity index (χ1) is 9.65. The van der Waals surface area contributed by atoms with Crippen LogP contribution in [0.2, 0.25) is 0 Å². The molecule has 1 N–H and O–H groups in total. The third kappa shape index (κ3) is 2.25. The highest BCUT2D eigenvalue weighted by Crippen LogP contribution is 2.30. The van der Waals surface area contributed by atoms with Gasteiger partial charge in [-0.1, -0.05) is 44.2 Å². The van der Waals surface area contributed by atoms with Crippen LogP contribution >= 0.6 is 0 Å². The average Bonchev–Trinajstić information content (AvgIpc) is 2.47. The maximum Gasteiger partial charge on any atom is 0.248 e. The van der Waals surface area contributed by atoms with Gasteiger partial charge in [-0.25, -0.2) is 0 Å². The zero-order chi connectivity index (χ0) is 14.1. The molecule has 0 saturated carbocycles. The molecule has 3 aromatic rings. The number of pyridine rings is 1. The Bertz CT molecular complexity index is 801. The van der Waals surface area contributed by atoms with E-state index < -0.39 is 0 Å². The van der Waals surface area contributed by atoms with E-state index in [2.05, 4.69) is 43.1 Å². The van der Waals surface area contributed by atoms with Crippen molar-refractivity contribution in [2.45, 2.75) is 19.8 Å². The molecule has 0 amide bonds. The second-order valence-electron chi connectivity index (χ2n) is 5.38. The fourth-order valence-corrected chi connectivity index (χ4v) is 2.47. The van der Waals surface area contributed by atoms with E-state index in [1.807, 2.05) is 24.3 Å². The number of hydrogen-bond acceptors (Lipinski definition) is 1. The van der Waals surface area contributed by atoms with Gasteiger partial charge in [-0.05, 0) is 40.6 Å². The molecule has 0 fully saturated rings. The summed E-state index contributed by atoms with van der Waals surface area (Å²) in [5, 5.41) is 1.08. The number of aromatic amines is 1. The van der Waals surface area contributed by atoms with Crippen LogP contribution in [0.25, 0.3) is 22.0 Å². The minimum Gasteiger partial charge on any atom is -0.321 e. The van der Waals surface area contributed by atoms with E-state index in [0.717, 1.165) is 22.0 Å². The van der Waals surface area contributed by atoms with Crippen molar-refractivity contribution in [3.05, 3.63) is 70.5 Å². The summed E-state index contributed by atoms with van der Waals surface area (Å²) in [5.74, 6) is 0.453. The van der Waals surface area contributed by atoms with E-state index in [9.17, 15) is 4.79 Å². The third-order valence-corrected chi connectivity index (χ3v) is 3.61. The lowest BCUT2D eigenvalue weighted by Crippen LogP contribution is -2.04. The summed E-state index contributed by atoms with van der Waals surface area (Å²) in [7, 11) is 0. The molecule has 0 unspecified atom stereocenters. The van der Waals surface area contributed by atoms with Crippen molar-refractivity contribution in [2.75, 3.05) is 0 Å². The zero-order valence-electron chi connectivity index (χ0n) is 11.7. The highest BCUT2D eigenvalue weighted by atomic mass is 16.1. The number of fused-ring (bicyclic) bond motifs is 1. The van der Waals surface area contributed by atoms with Crippen molar-refractivity contribution in [3.8, 4) is 11.1 Å². The van der Waals surface area contributed by atoms with Crippen LogP contribution in [-0.2, 0) is 0 Å². The fraction of sp³-hybridized carbons (Fsp3) is 0.167. The van der Waals surface area contributed by atoms with Gasteiger partial charge in [-0.15, -0.1) is 0 Å². The number of nitrogens with one attached hydrogen (secondary N) is 1. The molecule has 20 heavy (non-hydrogen) atoms. The molecule has 2 heteroatoms. The molecule has 0 bridgehead atoms. The molecule has 1 aromatic heterocycles. The Morgan fingerprint density at radius 2 is 1.70 bits per heavy atom. The summed E-state index contributed by atoms with van der Waals surface area (Å²) in [6.07, 6.45) is 0. The summed E-state index contributed by atoms with van der Waals surface area (Å²) < 4.78 is 0. The summed E-state index contributed by atoms with van der Waals surface area (Å²) in [5.41, 5.74) is 4.34. The Kier molecular flexibility index (Phi) is 3.15. The van der Waals surface area contributed by atoms with Crippen molar-refractivity contribution in [1.82, 2.24) is 4.98 Å². The number of rotatable bonds is 2. The molecular weight excluding hydrogens is 246 g/mol. The first-order valence-corrected chi connectivity index (χ1v) is 6.87. The summed E-state index contributed by atoms with van der Waals surface area (Å²) in [4.78, 5) is 14.6. The van der Waals surface area contributed by atoms with Gasteiger partial charge < -0.3 is 4.98 Å². The van der Waals surface area contributed by atoms with Crippen LogP contribution in [0.4, 0.5) is 0 Å². The Labute approximate surface area is 118 Å². The Morgan fingerprint density at radius 3 is 2.40 bits per heavy atom. The zero-order valence-corrected chi connectivity index (χ0v) is 11.7. The standard InChI is InChI=1S/C18H17NO/c1-12(2)15-10-14-8-9-17(20)19-18(14)16(11-15)13-6-4-3-5-7-13/h3-12H,1-2H3,(H,19,20). The minimum atomic E-state index is -0.0630. The molecule has 0 spiro atoms. The van der Waals surface area contributed by atoms with Crippen LogP contribution in [0.15, 0.2) is 59.4 Å². The molecule has 0 saturated heterocycles. The second-order valence-corrected chi connectivity index (χ2v) is 5.38. The van der Waals surface area contributed by atoms with Gasteiger partial charge in [-0.2, -0.15) is 0 Å². The van der Waals surface area contributed by atoms with Crippen LogP contribution in [0, 0.1) is 0 Å². The maximum atomic E-state index is 11.6. The Hall–Kier alpha value is -2.35. The lowest BCUT2D eigenvalue weighted by molar-refractivity contribution is 0.869. The van der Waals surface area contributed by atoms with Gasteiger partial charge in [0, 0.05) is 11.6 Å². The molecule has 0 radical (unpaired) electrons. The van der Waals surface area contributed by atoms with Crippen LogP contribution < -0.4 is 5.56 Å². The molecule has 2 nitrogen and oxygen atoms in total. The molecule has 1 heterocycles. The Morgan fingerprint density at radius 1 is 0.950 bits per heavy atom. The number of benzene rings is 2. The van der Waals surface area contributed by atoms with Crippen molar-refractivity contribution in [2.24, 2.45) is 0 Å². The lowest BCUT2D eigenvalue weighted by atomic mass is 9.94. The number of H-pyrrole nitrogens is 1. The molecule has 2 aromatic carbocycles. The first kappa shape index (κ1) is 12.7. The second kappa shape index (κ2) is 4.97. The van der Waals surface area contributed by atoms with Crippen LogP contribution in [-0.4, -0.2) is 4.98 Å². The normalized spacial score (nSPS) is 11.2. The van der Waals surface area contributed by atoms with E-state index in [1.54, 1.807) is 6.07 Å². The lowest BCUT2D eigenvalue weighted by Gasteiger charge is -2.12. The Balaban J connectivity index is 2.38. The largest absolute Gasteiger partial charge is 0.321 e. The van der Waals surface area contributed by atoms with Gasteiger partial charge in [0.05, 0.1) is 5.52 Å². The highest BCUT2D eigenvalue weighted by molar-refractivity contribution is 5.94. The third-order valence-electron chi connectivity index (χ3n) is 3.61. The molecule has 100 valence electrons. The molecule has 0 aliphatic heterocycles. The highest BCUT2D eigenvalue weighted by Gasteiger charge is 2.09. The van der Waals surface area contributed by atoms with E-state index >= 15 is 0 Å². The predicted octanol–water partition coefficient (Wildman–Crippen LogP) is 4.32. The fourth-order valence-electron chi connectivity index (χ4n) is 2.47. The van der Waals surface area contributed by atoms with Gasteiger partial charge >= 0.3 is 0 Å². The number of aromatic nitrogens is 1. The minimum absolute atomic E-state index is 0.0630. The predicted molar refractivity (Wildman–Crippen MR) is 84.1 cm³/mol. The van der Waals surface area contributed by atoms with Gasteiger partial charge in [0.25, 0.3) is 0 Å². The van der Waals surface area contributed by atoms with Crippen LogP contribution in [0.3, 0.4) is 0 Å². The molecule has 0 aliphatic rings. The van der Waals surface area contributed by atoms with E-state index in [1.165, 1.54) is 5.56 Å². The van der Waals surface area contributed by atoms with Gasteiger partial charge in [0.1, 0.15) is 0 Å². The first-order valence-electron chi connectivity index (χ1n) is 6.87. The monoisotopic (exact) mass is 263 g/mol. The van der Waals surface area contributed by atoms with Gasteiger partial charge in [0.15, 0.2) is 0 Å². The van der Waals surface area contributed by atoms with Gasteiger partial charge in [0.2, 0.25) is 5.56 Å². The van der Waals surface area contributed by atoms with Crippen molar-refractivity contribution in [3.63, 3.8) is 0 Å². The van der Waals surface area contributed by atoms with Crippen LogP contribution in [0.1, 0.15) is 25.3 Å². The van der Waals surface area contributed by atoms with E-state index in [0.29, 0.717) is 5.92 Å². The number of hydrogen-bond donors (Lipinski definition) is 1. The van der Waals surface area contributed by atoms with Crippen molar-refractivity contribution < 1.29 is 0 Å². The topological polar surface area (TPSA) is 32.9 Å². The average molecular weight is 263 g/mol. The SMILES string of the molecule is CC(C)c1cc(-c2ccccc2)c2[nH]c(=O)ccc2c1. The summed E-state index contributed by atoms with van der Waals surface area (Å²) in [6.45, 7) is 4.36. The maximum absolute atomic E-state index is 11.6. The van der Waals surface area contributed by atoms with E-state index in [-0.39, 0.29) is 5.56 Å². The van der Waals surface area contributed by atoms with E-state index in [4.69, 9.17) is 0 Å². The quantitative estimate of drug-likeness (QED) is 0.734. The molecule has 0 aliphatic carbocycles.